The first-order chi connectivity index (χ1) is 25.7. The van der Waals surface area contributed by atoms with E-state index in [4.69, 9.17) is 31.4 Å². The number of hydrogen-bond acceptors (Lipinski definition) is 7. The average Bonchev–Trinajstić information content (AvgIpc) is 3.51. The van der Waals surface area contributed by atoms with Crippen molar-refractivity contribution in [1.29, 1.82) is 0 Å². The van der Waals surface area contributed by atoms with Gasteiger partial charge in [-0.3, -0.25) is 4.79 Å². The standard InChI is InChI=1S/C45H86N4O4/c1-6-8-10-12-26-49(27-13-11-9-7-2)42(50)20-17-34(3)37-18-19-38-43-39(33-41(45(37,38)5)53-30-16-25-48)44(4)22-21-36(51-28-14-23-46)31-35(44)32-40(43)52-29-15-24-47/h34-41,43H,6-33,46-48H2,1-5H3/t34-,35?,36-,37?,38+,39+,40-,41+,43?,44+,45-/m1/s1. The molecule has 0 bridgehead atoms. The van der Waals surface area contributed by atoms with Crippen LogP contribution in [0.2, 0.25) is 0 Å². The molecule has 4 rings (SSSR count). The second kappa shape index (κ2) is 22.8. The Hall–Kier alpha value is -0.770. The first-order valence-electron chi connectivity index (χ1n) is 22.9. The zero-order chi connectivity index (χ0) is 38.3. The van der Waals surface area contributed by atoms with Crippen LogP contribution in [0.25, 0.3) is 0 Å². The topological polar surface area (TPSA) is 126 Å². The van der Waals surface area contributed by atoms with Crippen LogP contribution in [0.4, 0.5) is 0 Å². The minimum absolute atomic E-state index is 0.0550. The van der Waals surface area contributed by atoms with E-state index in [2.05, 4.69) is 39.5 Å². The molecule has 4 aliphatic carbocycles. The van der Waals surface area contributed by atoms with E-state index < -0.39 is 0 Å². The van der Waals surface area contributed by atoms with Crippen molar-refractivity contribution in [3.8, 4) is 0 Å². The third-order valence-corrected chi connectivity index (χ3v) is 15.2. The monoisotopic (exact) mass is 747 g/mol. The number of hydrogen-bond donors (Lipinski definition) is 3. The van der Waals surface area contributed by atoms with Crippen LogP contribution in [0.15, 0.2) is 0 Å². The summed E-state index contributed by atoms with van der Waals surface area (Å²) in [7, 11) is 0. The summed E-state index contributed by atoms with van der Waals surface area (Å²) in [4.78, 5) is 16.1. The zero-order valence-electron chi connectivity index (χ0n) is 35.3. The summed E-state index contributed by atoms with van der Waals surface area (Å²) in [5.41, 5.74) is 18.1. The lowest BCUT2D eigenvalue weighted by Gasteiger charge is -2.65. The van der Waals surface area contributed by atoms with Crippen LogP contribution in [-0.2, 0) is 19.0 Å². The summed E-state index contributed by atoms with van der Waals surface area (Å²) in [6.45, 7) is 18.3. The summed E-state index contributed by atoms with van der Waals surface area (Å²) in [6, 6.07) is 0. The van der Waals surface area contributed by atoms with Crippen molar-refractivity contribution in [1.82, 2.24) is 4.90 Å². The Balaban J connectivity index is 1.54. The van der Waals surface area contributed by atoms with Gasteiger partial charge < -0.3 is 36.3 Å². The fourth-order valence-corrected chi connectivity index (χ4v) is 12.1. The van der Waals surface area contributed by atoms with Gasteiger partial charge in [-0.2, -0.15) is 0 Å². The molecule has 6 N–H and O–H groups in total. The van der Waals surface area contributed by atoms with E-state index in [9.17, 15) is 4.79 Å². The molecule has 0 aromatic rings. The quantitative estimate of drug-likeness (QED) is 0.0759. The van der Waals surface area contributed by atoms with Crippen LogP contribution in [-0.4, -0.2) is 81.7 Å². The molecule has 4 saturated carbocycles. The molecular formula is C45H86N4O4. The first kappa shape index (κ1) is 44.9. The average molecular weight is 747 g/mol. The largest absolute Gasteiger partial charge is 0.378 e. The lowest BCUT2D eigenvalue weighted by atomic mass is 9.43. The molecule has 0 aliphatic heterocycles. The number of carbonyl (C=O) groups is 1. The van der Waals surface area contributed by atoms with Crippen LogP contribution in [0.3, 0.4) is 0 Å². The summed E-state index contributed by atoms with van der Waals surface area (Å²) in [5, 5.41) is 0. The van der Waals surface area contributed by atoms with Crippen LogP contribution < -0.4 is 17.2 Å². The number of unbranched alkanes of at least 4 members (excludes halogenated alkanes) is 6. The maximum Gasteiger partial charge on any atom is 0.222 e. The zero-order valence-corrected chi connectivity index (χ0v) is 35.3. The highest BCUT2D eigenvalue weighted by Gasteiger charge is 2.66. The Kier molecular flexibility index (Phi) is 19.4. The van der Waals surface area contributed by atoms with Crippen LogP contribution in [0.5, 0.6) is 0 Å². The predicted octanol–water partition coefficient (Wildman–Crippen LogP) is 8.47. The molecule has 8 heteroatoms. The first-order valence-corrected chi connectivity index (χ1v) is 22.9. The molecule has 0 saturated heterocycles. The van der Waals surface area contributed by atoms with Gasteiger partial charge in [-0.1, -0.05) is 73.1 Å². The Morgan fingerprint density at radius 1 is 0.736 bits per heavy atom. The van der Waals surface area contributed by atoms with E-state index in [0.29, 0.717) is 73.6 Å². The van der Waals surface area contributed by atoms with Gasteiger partial charge in [0.05, 0.1) is 18.3 Å². The number of amides is 1. The third-order valence-electron chi connectivity index (χ3n) is 15.2. The third kappa shape index (κ3) is 11.4. The van der Waals surface area contributed by atoms with Crippen LogP contribution in [0, 0.1) is 46.3 Å². The molecule has 4 aliphatic rings. The number of fused-ring (bicyclic) bond motifs is 5. The summed E-state index contributed by atoms with van der Waals surface area (Å²) in [6.07, 6.45) is 23.0. The Labute approximate surface area is 326 Å². The van der Waals surface area contributed by atoms with Crippen molar-refractivity contribution in [2.75, 3.05) is 52.5 Å². The fraction of sp³-hybridized carbons (Fsp3) is 0.978. The lowest BCUT2D eigenvalue weighted by Crippen LogP contribution is -2.63. The maximum atomic E-state index is 13.9. The molecule has 8 nitrogen and oxygen atoms in total. The van der Waals surface area contributed by atoms with Gasteiger partial charge in [0.1, 0.15) is 0 Å². The molecule has 1 amide bonds. The van der Waals surface area contributed by atoms with Gasteiger partial charge in [0.25, 0.3) is 0 Å². The number of carbonyl (C=O) groups excluding carboxylic acids is 1. The smallest absolute Gasteiger partial charge is 0.222 e. The summed E-state index contributed by atoms with van der Waals surface area (Å²) < 4.78 is 20.4. The van der Waals surface area contributed by atoms with E-state index in [0.717, 1.165) is 97.1 Å². The lowest BCUT2D eigenvalue weighted by molar-refractivity contribution is -0.227. The molecule has 0 radical (unpaired) electrons. The molecular weight excluding hydrogens is 661 g/mol. The molecule has 11 atom stereocenters. The normalized spacial score (nSPS) is 34.3. The second-order valence-corrected chi connectivity index (χ2v) is 18.5. The number of nitrogens with zero attached hydrogens (tertiary/aromatic N) is 1. The molecule has 310 valence electrons. The number of rotatable bonds is 26. The van der Waals surface area contributed by atoms with Gasteiger partial charge >= 0.3 is 0 Å². The van der Waals surface area contributed by atoms with Gasteiger partial charge in [0, 0.05) is 44.7 Å². The van der Waals surface area contributed by atoms with E-state index in [1.54, 1.807) is 0 Å². The van der Waals surface area contributed by atoms with Gasteiger partial charge in [-0.25, -0.2) is 0 Å². The minimum Gasteiger partial charge on any atom is -0.378 e. The van der Waals surface area contributed by atoms with Gasteiger partial charge in [-0.05, 0) is 144 Å². The van der Waals surface area contributed by atoms with Crippen molar-refractivity contribution in [3.05, 3.63) is 0 Å². The Morgan fingerprint density at radius 2 is 1.36 bits per heavy atom. The SMILES string of the molecule is CCCCCCN(CCCCCC)C(=O)CC[C@@H](C)C1CC[C@H]2C3[C@H](OCCCN)CC4C[C@H](OCCCN)CC[C@]4(C)[C@H]3C[C@H](OCCCN)[C@]12C. The molecule has 0 aromatic heterocycles. The van der Waals surface area contributed by atoms with Crippen LogP contribution in [0.1, 0.15) is 163 Å². The van der Waals surface area contributed by atoms with Gasteiger partial charge in [0.2, 0.25) is 5.91 Å². The molecule has 0 spiro atoms. The number of ether oxygens (including phenoxy) is 3. The molecule has 0 aromatic carbocycles. The van der Waals surface area contributed by atoms with E-state index in [1.807, 2.05) is 0 Å². The molecule has 4 fully saturated rings. The van der Waals surface area contributed by atoms with Crippen LogP contribution >= 0.6 is 0 Å². The molecule has 53 heavy (non-hydrogen) atoms. The minimum atomic E-state index is 0.0550. The Morgan fingerprint density at radius 3 is 1.98 bits per heavy atom. The molecule has 3 unspecified atom stereocenters. The number of nitrogens with two attached hydrogens (primary N) is 3. The predicted molar refractivity (Wildman–Crippen MR) is 219 cm³/mol. The van der Waals surface area contributed by atoms with Crippen molar-refractivity contribution in [2.24, 2.45) is 63.5 Å². The van der Waals surface area contributed by atoms with Crippen molar-refractivity contribution in [2.45, 2.75) is 181 Å². The molecule has 0 heterocycles. The van der Waals surface area contributed by atoms with Crippen molar-refractivity contribution >= 4 is 5.91 Å². The highest BCUT2D eigenvalue weighted by Crippen LogP contribution is 2.69. The van der Waals surface area contributed by atoms with Gasteiger partial charge in [0.15, 0.2) is 0 Å². The van der Waals surface area contributed by atoms with E-state index in [-0.39, 0.29) is 23.0 Å². The van der Waals surface area contributed by atoms with E-state index in [1.165, 1.54) is 57.8 Å². The highest BCUT2D eigenvalue weighted by molar-refractivity contribution is 5.76. The summed E-state index contributed by atoms with van der Waals surface area (Å²) >= 11 is 0. The van der Waals surface area contributed by atoms with Crippen molar-refractivity contribution in [3.63, 3.8) is 0 Å². The fourth-order valence-electron chi connectivity index (χ4n) is 12.1. The van der Waals surface area contributed by atoms with Gasteiger partial charge in [-0.15, -0.1) is 0 Å². The highest BCUT2D eigenvalue weighted by atomic mass is 16.5. The second-order valence-electron chi connectivity index (χ2n) is 18.5. The maximum absolute atomic E-state index is 13.9. The summed E-state index contributed by atoms with van der Waals surface area (Å²) in [5.74, 6) is 3.63. The van der Waals surface area contributed by atoms with Crippen molar-refractivity contribution < 1.29 is 19.0 Å². The Bertz CT molecular complexity index is 1020. The van der Waals surface area contributed by atoms with E-state index >= 15 is 0 Å².